The van der Waals surface area contributed by atoms with Crippen molar-refractivity contribution in [3.63, 3.8) is 0 Å². The first-order valence-corrected chi connectivity index (χ1v) is 6.91. The molecule has 0 bridgehead atoms. The van der Waals surface area contributed by atoms with Crippen LogP contribution in [0.5, 0.6) is 5.88 Å². The number of aliphatic imine (C=N–C) groups is 1. The second-order valence-corrected chi connectivity index (χ2v) is 5.32. The Hall–Kier alpha value is -2.40. The first-order chi connectivity index (χ1) is 9.70. The Balaban J connectivity index is 2.07. The van der Waals surface area contributed by atoms with Gasteiger partial charge in [0.1, 0.15) is 0 Å². The molecule has 20 heavy (non-hydrogen) atoms. The number of hydrogen-bond donors (Lipinski definition) is 1. The number of para-hydroxylation sites is 1. The van der Waals surface area contributed by atoms with Crippen LogP contribution in [0.2, 0.25) is 0 Å². The first-order valence-electron chi connectivity index (χ1n) is 6.09. The number of aromatic hydroxyl groups is 1. The molecule has 1 aliphatic heterocycles. The predicted octanol–water partition coefficient (Wildman–Crippen LogP) is 3.06. The van der Waals surface area contributed by atoms with Crippen molar-refractivity contribution < 1.29 is 5.11 Å². The molecule has 5 heteroatoms. The van der Waals surface area contributed by atoms with Gasteiger partial charge in [0.2, 0.25) is 5.88 Å². The highest BCUT2D eigenvalue weighted by Gasteiger charge is 2.15. The van der Waals surface area contributed by atoms with Gasteiger partial charge >= 0.3 is 4.87 Å². The highest BCUT2D eigenvalue weighted by atomic mass is 32.1. The molecule has 2 aromatic rings. The lowest BCUT2D eigenvalue weighted by atomic mass is 10.1. The van der Waals surface area contributed by atoms with Crippen molar-refractivity contribution in [3.8, 4) is 5.88 Å². The Morgan fingerprint density at radius 2 is 2.20 bits per heavy atom. The summed E-state index contributed by atoms with van der Waals surface area (Å²) in [6.07, 6.45) is 5.11. The van der Waals surface area contributed by atoms with E-state index in [2.05, 4.69) is 11.6 Å². The predicted molar refractivity (Wildman–Crippen MR) is 82.9 cm³/mol. The van der Waals surface area contributed by atoms with Crippen LogP contribution in [0.25, 0.3) is 11.6 Å². The third-order valence-corrected chi connectivity index (χ3v) is 3.97. The van der Waals surface area contributed by atoms with Crippen molar-refractivity contribution in [1.29, 1.82) is 0 Å². The van der Waals surface area contributed by atoms with E-state index in [1.165, 1.54) is 4.57 Å². The van der Waals surface area contributed by atoms with Gasteiger partial charge in [-0.15, -0.1) is 6.58 Å². The summed E-state index contributed by atoms with van der Waals surface area (Å²) in [6.45, 7) is 3.88. The molecule has 4 nitrogen and oxygen atoms in total. The van der Waals surface area contributed by atoms with Gasteiger partial charge in [-0.1, -0.05) is 35.6 Å². The van der Waals surface area contributed by atoms with Gasteiger partial charge < -0.3 is 5.11 Å². The minimum absolute atomic E-state index is 0.0230. The Morgan fingerprint density at radius 3 is 3.00 bits per heavy atom. The van der Waals surface area contributed by atoms with Crippen LogP contribution in [0.3, 0.4) is 0 Å². The zero-order chi connectivity index (χ0) is 14.1. The second kappa shape index (κ2) is 4.94. The summed E-state index contributed by atoms with van der Waals surface area (Å²) in [4.78, 5) is 16.4. The van der Waals surface area contributed by atoms with Crippen molar-refractivity contribution in [2.24, 2.45) is 4.99 Å². The number of nitrogens with zero attached hydrogens (tertiary/aromatic N) is 2. The number of hydrogen-bond acceptors (Lipinski definition) is 4. The summed E-state index contributed by atoms with van der Waals surface area (Å²) in [7, 11) is 0. The molecule has 1 aromatic heterocycles. The van der Waals surface area contributed by atoms with Crippen LogP contribution in [0.1, 0.15) is 10.4 Å². The number of thiazole rings is 1. The maximum absolute atomic E-state index is 11.8. The van der Waals surface area contributed by atoms with Crippen LogP contribution in [0.15, 0.2) is 46.7 Å². The lowest BCUT2D eigenvalue weighted by Crippen LogP contribution is -2.10. The fourth-order valence-corrected chi connectivity index (χ4v) is 2.94. The molecule has 0 saturated heterocycles. The van der Waals surface area contributed by atoms with Crippen molar-refractivity contribution in [3.05, 3.63) is 57.0 Å². The molecular weight excluding hydrogens is 272 g/mol. The number of rotatable bonds is 3. The summed E-state index contributed by atoms with van der Waals surface area (Å²) in [5, 5.41) is 10.1. The smallest absolute Gasteiger partial charge is 0.310 e. The van der Waals surface area contributed by atoms with E-state index in [1.807, 2.05) is 24.3 Å². The van der Waals surface area contributed by atoms with Crippen LogP contribution in [0, 0.1) is 0 Å². The van der Waals surface area contributed by atoms with Gasteiger partial charge in [0.25, 0.3) is 0 Å². The molecule has 0 fully saturated rings. The summed E-state index contributed by atoms with van der Waals surface area (Å²) in [5.74, 6) is -0.0230. The van der Waals surface area contributed by atoms with Gasteiger partial charge in [-0.25, -0.2) is 0 Å². The molecule has 0 atom stereocenters. The number of allylic oxidation sites excluding steroid dienone is 2. The quantitative estimate of drug-likeness (QED) is 0.881. The second-order valence-electron chi connectivity index (χ2n) is 4.33. The third-order valence-electron chi connectivity index (χ3n) is 3.05. The molecule has 0 amide bonds. The average molecular weight is 284 g/mol. The summed E-state index contributed by atoms with van der Waals surface area (Å²) in [5.41, 5.74) is 2.79. The van der Waals surface area contributed by atoms with E-state index in [9.17, 15) is 9.90 Å². The van der Waals surface area contributed by atoms with E-state index in [1.54, 1.807) is 18.4 Å². The minimum Gasteiger partial charge on any atom is -0.493 e. The Morgan fingerprint density at radius 1 is 1.40 bits per heavy atom. The van der Waals surface area contributed by atoms with Crippen LogP contribution in [-0.2, 0) is 6.54 Å². The lowest BCUT2D eigenvalue weighted by molar-refractivity contribution is 0.422. The zero-order valence-electron chi connectivity index (χ0n) is 10.6. The highest BCUT2D eigenvalue weighted by Crippen LogP contribution is 2.34. The van der Waals surface area contributed by atoms with Crippen molar-refractivity contribution >= 4 is 34.9 Å². The average Bonchev–Trinajstić information content (AvgIpc) is 2.97. The maximum atomic E-state index is 11.8. The number of fused-ring (bicyclic) bond motifs is 1. The Labute approximate surface area is 119 Å². The molecule has 0 unspecified atom stereocenters. The van der Waals surface area contributed by atoms with Crippen LogP contribution < -0.4 is 4.87 Å². The molecule has 1 aliphatic rings. The van der Waals surface area contributed by atoms with E-state index >= 15 is 0 Å². The van der Waals surface area contributed by atoms with Gasteiger partial charge in [0.05, 0.1) is 10.6 Å². The van der Waals surface area contributed by atoms with Crippen LogP contribution >= 0.6 is 11.3 Å². The summed E-state index contributed by atoms with van der Waals surface area (Å²) in [6, 6.07) is 7.76. The summed E-state index contributed by atoms with van der Waals surface area (Å²) < 4.78 is 1.29. The molecule has 0 radical (unpaired) electrons. The zero-order valence-corrected chi connectivity index (χ0v) is 11.4. The fraction of sp³-hybridized carbons (Fsp3) is 0.0667. The van der Waals surface area contributed by atoms with Gasteiger partial charge in [-0.3, -0.25) is 14.4 Å². The standard InChI is InChI=1S/C15H12N2O2S/c1-2-7-17-14(18)13(20-15(17)19)8-10-9-16-12-6-4-3-5-11(10)12/h2-6,8-9,18H,1,7H2. The van der Waals surface area contributed by atoms with Crippen molar-refractivity contribution in [2.75, 3.05) is 0 Å². The van der Waals surface area contributed by atoms with Gasteiger partial charge in [0.15, 0.2) is 0 Å². The van der Waals surface area contributed by atoms with Crippen LogP contribution in [0.4, 0.5) is 5.69 Å². The molecule has 1 N–H and O–H groups in total. The SMILES string of the molecule is C=CCn1c(O)c(C=C2C=Nc3ccccc32)sc1=O. The molecule has 100 valence electrons. The van der Waals surface area contributed by atoms with E-state index in [4.69, 9.17) is 0 Å². The van der Waals surface area contributed by atoms with Gasteiger partial charge in [-0.05, 0) is 12.1 Å². The third kappa shape index (κ3) is 2.02. The molecule has 0 spiro atoms. The molecular formula is C15H12N2O2S. The topological polar surface area (TPSA) is 54.6 Å². The Kier molecular flexibility index (Phi) is 3.12. The highest BCUT2D eigenvalue weighted by molar-refractivity contribution is 7.10. The number of aromatic nitrogens is 1. The minimum atomic E-state index is -0.197. The van der Waals surface area contributed by atoms with Crippen LogP contribution in [-0.4, -0.2) is 15.9 Å². The fourth-order valence-electron chi connectivity index (χ4n) is 2.09. The van der Waals surface area contributed by atoms with Gasteiger partial charge in [0, 0.05) is 23.9 Å². The van der Waals surface area contributed by atoms with Crippen molar-refractivity contribution in [1.82, 2.24) is 4.57 Å². The lowest BCUT2D eigenvalue weighted by Gasteiger charge is -2.00. The van der Waals surface area contributed by atoms with Crippen molar-refractivity contribution in [2.45, 2.75) is 6.54 Å². The molecule has 3 rings (SSSR count). The maximum Gasteiger partial charge on any atom is 0.310 e. The Bertz CT molecular complexity index is 796. The molecule has 2 heterocycles. The molecule has 0 saturated carbocycles. The largest absolute Gasteiger partial charge is 0.493 e. The molecule has 0 aliphatic carbocycles. The molecule has 1 aromatic carbocycles. The van der Waals surface area contributed by atoms with E-state index in [-0.39, 0.29) is 10.8 Å². The van der Waals surface area contributed by atoms with E-state index in [0.29, 0.717) is 11.4 Å². The first kappa shape index (κ1) is 12.6. The van der Waals surface area contributed by atoms with E-state index < -0.39 is 0 Å². The summed E-state index contributed by atoms with van der Waals surface area (Å²) >= 11 is 1.01. The van der Waals surface area contributed by atoms with E-state index in [0.717, 1.165) is 28.2 Å². The normalized spacial score (nSPS) is 14.7. The number of benzene rings is 1. The van der Waals surface area contributed by atoms with Gasteiger partial charge in [-0.2, -0.15) is 0 Å². The monoisotopic (exact) mass is 284 g/mol.